The van der Waals surface area contributed by atoms with E-state index in [0.717, 1.165) is 0 Å². The van der Waals surface area contributed by atoms with E-state index in [2.05, 4.69) is 5.32 Å². The second-order valence-electron chi connectivity index (χ2n) is 5.76. The summed E-state index contributed by atoms with van der Waals surface area (Å²) in [6.07, 6.45) is -1.76. The number of alkyl halides is 2. The van der Waals surface area contributed by atoms with Crippen molar-refractivity contribution in [3.05, 3.63) is 23.5 Å². The van der Waals surface area contributed by atoms with Crippen molar-refractivity contribution in [1.29, 1.82) is 0 Å². The summed E-state index contributed by atoms with van der Waals surface area (Å²) < 4.78 is 43.6. The molecule has 24 heavy (non-hydrogen) atoms. The van der Waals surface area contributed by atoms with Gasteiger partial charge in [-0.05, 0) is 25.0 Å². The Kier molecular flexibility index (Phi) is 6.30. The van der Waals surface area contributed by atoms with Crippen LogP contribution in [0.3, 0.4) is 0 Å². The molecule has 1 heterocycles. The molecule has 2 amide bonds. The highest BCUT2D eigenvalue weighted by Crippen LogP contribution is 2.25. The van der Waals surface area contributed by atoms with E-state index in [1.54, 1.807) is 16.7 Å². The molecule has 0 unspecified atom stereocenters. The fourth-order valence-corrected chi connectivity index (χ4v) is 2.69. The van der Waals surface area contributed by atoms with E-state index < -0.39 is 12.2 Å². The van der Waals surface area contributed by atoms with Gasteiger partial charge in [0.1, 0.15) is 0 Å². The molecule has 0 saturated carbocycles. The van der Waals surface area contributed by atoms with Gasteiger partial charge in [-0.2, -0.15) is 0 Å². The van der Waals surface area contributed by atoms with Crippen molar-refractivity contribution in [3.8, 4) is 5.75 Å². The first kappa shape index (κ1) is 18.4. The lowest BCUT2D eigenvalue weighted by Gasteiger charge is -2.22. The predicted molar refractivity (Wildman–Crippen MR) is 85.3 cm³/mol. The van der Waals surface area contributed by atoms with Gasteiger partial charge in [0, 0.05) is 37.9 Å². The Bertz CT molecular complexity index is 584. The first-order valence-electron chi connectivity index (χ1n) is 7.81. The van der Waals surface area contributed by atoms with Crippen molar-refractivity contribution >= 4 is 11.7 Å². The number of benzene rings is 1. The highest BCUT2D eigenvalue weighted by molar-refractivity contribution is 5.90. The number of carbonyl (C=O) groups excluding carboxylic acids is 1. The molecule has 1 N–H and O–H groups in total. The topological polar surface area (TPSA) is 44.8 Å². The standard InChI is InChI=1S/C16H22F3N3O2/c1-11-8-14(24-2)12(17)9-13(11)20-16(23)22-5-3-4-21(6-7-22)10-15(18)19/h8-9,15H,3-7,10H2,1-2H3,(H,20,23). The number of rotatable bonds is 4. The average molecular weight is 345 g/mol. The molecule has 0 spiro atoms. The lowest BCUT2D eigenvalue weighted by Crippen LogP contribution is -2.38. The van der Waals surface area contributed by atoms with Crippen LogP contribution < -0.4 is 10.1 Å². The maximum Gasteiger partial charge on any atom is 0.321 e. The number of hydrogen-bond acceptors (Lipinski definition) is 3. The van der Waals surface area contributed by atoms with Gasteiger partial charge in [0.25, 0.3) is 6.43 Å². The van der Waals surface area contributed by atoms with E-state index in [9.17, 15) is 18.0 Å². The number of urea groups is 1. The first-order valence-corrected chi connectivity index (χ1v) is 7.81. The van der Waals surface area contributed by atoms with Gasteiger partial charge in [0.15, 0.2) is 11.6 Å². The molecule has 0 atom stereocenters. The van der Waals surface area contributed by atoms with E-state index in [1.807, 2.05) is 0 Å². The molecule has 1 fully saturated rings. The average Bonchev–Trinajstić information content (AvgIpc) is 2.75. The Hall–Kier alpha value is -1.96. The smallest absolute Gasteiger partial charge is 0.321 e. The van der Waals surface area contributed by atoms with Gasteiger partial charge in [-0.3, -0.25) is 4.90 Å². The van der Waals surface area contributed by atoms with E-state index in [0.29, 0.717) is 43.9 Å². The van der Waals surface area contributed by atoms with Crippen LogP contribution in [0.4, 0.5) is 23.7 Å². The molecule has 1 aromatic carbocycles. The summed E-state index contributed by atoms with van der Waals surface area (Å²) in [7, 11) is 1.37. The lowest BCUT2D eigenvalue weighted by atomic mass is 10.2. The molecule has 134 valence electrons. The Labute approximate surface area is 139 Å². The van der Waals surface area contributed by atoms with Crippen LogP contribution in [0.15, 0.2) is 12.1 Å². The summed E-state index contributed by atoms with van der Waals surface area (Å²) in [6, 6.07) is 2.37. The predicted octanol–water partition coefficient (Wildman–Crippen LogP) is 2.95. The summed E-state index contributed by atoms with van der Waals surface area (Å²) >= 11 is 0. The number of aryl methyl sites for hydroxylation is 1. The Balaban J connectivity index is 1.98. The van der Waals surface area contributed by atoms with Crippen LogP contribution in [0.5, 0.6) is 5.75 Å². The van der Waals surface area contributed by atoms with Crippen LogP contribution in [0.1, 0.15) is 12.0 Å². The maximum atomic E-state index is 13.8. The van der Waals surface area contributed by atoms with Crippen LogP contribution in [0.2, 0.25) is 0 Å². The van der Waals surface area contributed by atoms with Crippen molar-refractivity contribution in [2.75, 3.05) is 45.2 Å². The summed E-state index contributed by atoms with van der Waals surface area (Å²) in [4.78, 5) is 15.6. The minimum absolute atomic E-state index is 0.114. The number of anilines is 1. The molecule has 1 aliphatic rings. The molecule has 0 aliphatic carbocycles. The highest BCUT2D eigenvalue weighted by atomic mass is 19.3. The fourth-order valence-electron chi connectivity index (χ4n) is 2.69. The van der Waals surface area contributed by atoms with Crippen LogP contribution in [-0.4, -0.2) is 62.1 Å². The third kappa shape index (κ3) is 4.77. The van der Waals surface area contributed by atoms with E-state index >= 15 is 0 Å². The number of carbonyl (C=O) groups is 1. The van der Waals surface area contributed by atoms with Gasteiger partial charge in [-0.1, -0.05) is 0 Å². The Morgan fingerprint density at radius 3 is 2.71 bits per heavy atom. The highest BCUT2D eigenvalue weighted by Gasteiger charge is 2.21. The van der Waals surface area contributed by atoms with Gasteiger partial charge in [0.05, 0.1) is 13.7 Å². The second-order valence-corrected chi connectivity index (χ2v) is 5.76. The van der Waals surface area contributed by atoms with Gasteiger partial charge >= 0.3 is 6.03 Å². The van der Waals surface area contributed by atoms with E-state index in [1.165, 1.54) is 19.2 Å². The summed E-state index contributed by atoms with van der Waals surface area (Å²) in [5.74, 6) is -0.444. The van der Waals surface area contributed by atoms with E-state index in [-0.39, 0.29) is 18.3 Å². The largest absolute Gasteiger partial charge is 0.494 e. The SMILES string of the molecule is COc1cc(C)c(NC(=O)N2CCCN(CC(F)F)CC2)cc1F. The molecule has 0 aromatic heterocycles. The lowest BCUT2D eigenvalue weighted by molar-refractivity contribution is 0.0905. The van der Waals surface area contributed by atoms with Gasteiger partial charge in [0.2, 0.25) is 0 Å². The van der Waals surface area contributed by atoms with Crippen molar-refractivity contribution in [1.82, 2.24) is 9.80 Å². The number of nitrogens with zero attached hydrogens (tertiary/aromatic N) is 2. The van der Waals surface area contributed by atoms with Crippen molar-refractivity contribution < 1.29 is 22.7 Å². The molecule has 0 bridgehead atoms. The van der Waals surface area contributed by atoms with E-state index in [4.69, 9.17) is 4.74 Å². The summed E-state index contributed by atoms with van der Waals surface area (Å²) in [5, 5.41) is 2.68. The molecule has 8 heteroatoms. The first-order chi connectivity index (χ1) is 11.4. The van der Waals surface area contributed by atoms with Crippen LogP contribution >= 0.6 is 0 Å². The fraction of sp³-hybridized carbons (Fsp3) is 0.562. The molecule has 5 nitrogen and oxygen atoms in total. The number of hydrogen-bond donors (Lipinski definition) is 1. The maximum absolute atomic E-state index is 13.8. The minimum Gasteiger partial charge on any atom is -0.494 e. The zero-order chi connectivity index (χ0) is 17.7. The van der Waals surface area contributed by atoms with Gasteiger partial charge in [-0.15, -0.1) is 0 Å². The van der Waals surface area contributed by atoms with Crippen LogP contribution in [0.25, 0.3) is 0 Å². The molecule has 1 aromatic rings. The summed E-state index contributed by atoms with van der Waals surface area (Å²) in [5.41, 5.74) is 1.04. The quantitative estimate of drug-likeness (QED) is 0.913. The van der Waals surface area contributed by atoms with Crippen LogP contribution in [-0.2, 0) is 0 Å². The molecule has 0 radical (unpaired) electrons. The van der Waals surface area contributed by atoms with Crippen molar-refractivity contribution in [2.24, 2.45) is 0 Å². The minimum atomic E-state index is -2.38. The third-order valence-corrected chi connectivity index (χ3v) is 4.01. The molecular weight excluding hydrogens is 323 g/mol. The van der Waals surface area contributed by atoms with Gasteiger partial charge in [-0.25, -0.2) is 18.0 Å². The Morgan fingerprint density at radius 1 is 1.29 bits per heavy atom. The van der Waals surface area contributed by atoms with Crippen molar-refractivity contribution in [2.45, 2.75) is 19.8 Å². The molecule has 1 saturated heterocycles. The number of halogens is 3. The number of amides is 2. The van der Waals surface area contributed by atoms with Gasteiger partial charge < -0.3 is 15.0 Å². The monoisotopic (exact) mass is 345 g/mol. The molecule has 1 aliphatic heterocycles. The normalized spacial score (nSPS) is 16.2. The number of methoxy groups -OCH3 is 1. The van der Waals surface area contributed by atoms with Crippen LogP contribution in [0, 0.1) is 12.7 Å². The molecule has 2 rings (SSSR count). The zero-order valence-corrected chi connectivity index (χ0v) is 13.8. The third-order valence-electron chi connectivity index (χ3n) is 4.01. The summed E-state index contributed by atoms with van der Waals surface area (Å²) in [6.45, 7) is 3.22. The second kappa shape index (κ2) is 8.23. The zero-order valence-electron chi connectivity index (χ0n) is 13.8. The van der Waals surface area contributed by atoms with Crippen molar-refractivity contribution in [3.63, 3.8) is 0 Å². The number of ether oxygens (including phenoxy) is 1. The Morgan fingerprint density at radius 2 is 2.04 bits per heavy atom. The number of nitrogens with one attached hydrogen (secondary N) is 1. The molecular formula is C16H22F3N3O2.